The van der Waals surface area contributed by atoms with Crippen LogP contribution in [0, 0.1) is 11.7 Å². The molecule has 2 atom stereocenters. The lowest BCUT2D eigenvalue weighted by Crippen LogP contribution is -2.49. The van der Waals surface area contributed by atoms with E-state index in [0.29, 0.717) is 25.9 Å². The highest BCUT2D eigenvalue weighted by molar-refractivity contribution is 5.92. The number of aromatic nitrogens is 1. The van der Waals surface area contributed by atoms with Gasteiger partial charge in [0.25, 0.3) is 0 Å². The van der Waals surface area contributed by atoms with E-state index in [0.717, 1.165) is 12.3 Å². The minimum atomic E-state index is -3.34. The fourth-order valence-corrected chi connectivity index (χ4v) is 5.55. The zero-order valence-electron chi connectivity index (χ0n) is 22.2. The molecule has 1 unspecified atom stereocenters. The summed E-state index contributed by atoms with van der Waals surface area (Å²) in [6.45, 7) is 2.54. The van der Waals surface area contributed by atoms with Crippen LogP contribution in [0.2, 0.25) is 0 Å². The maximum Gasteiger partial charge on any atom is 0.511 e. The molecule has 1 aromatic heterocycles. The van der Waals surface area contributed by atoms with Crippen molar-refractivity contribution in [3.05, 3.63) is 28.3 Å². The van der Waals surface area contributed by atoms with E-state index in [9.17, 15) is 23.2 Å². The molecule has 3 heterocycles. The Labute approximate surface area is 226 Å². The molecule has 218 valence electrons. The van der Waals surface area contributed by atoms with Crippen LogP contribution in [0.15, 0.2) is 17.1 Å². The summed E-state index contributed by atoms with van der Waals surface area (Å²) in [5.74, 6) is -2.29. The smallest absolute Gasteiger partial charge is 0.449 e. The largest absolute Gasteiger partial charge is 0.511 e. The van der Waals surface area contributed by atoms with Crippen molar-refractivity contribution in [3.63, 3.8) is 0 Å². The highest BCUT2D eigenvalue weighted by Crippen LogP contribution is 2.48. The van der Waals surface area contributed by atoms with Gasteiger partial charge in [0.2, 0.25) is 5.43 Å². The Morgan fingerprint density at radius 2 is 2.00 bits per heavy atom. The summed E-state index contributed by atoms with van der Waals surface area (Å²) in [5.41, 5.74) is -2.99. The molecule has 3 fully saturated rings. The molecule has 40 heavy (non-hydrogen) atoms. The highest BCUT2D eigenvalue weighted by atomic mass is 19.3. The minimum Gasteiger partial charge on any atom is -0.449 e. The van der Waals surface area contributed by atoms with E-state index >= 15 is 4.39 Å². The number of ether oxygens (including phenoxy) is 4. The van der Waals surface area contributed by atoms with Crippen LogP contribution in [0.25, 0.3) is 10.9 Å². The van der Waals surface area contributed by atoms with Crippen molar-refractivity contribution < 1.29 is 46.8 Å². The molecule has 1 saturated carbocycles. The second kappa shape index (κ2) is 10.1. The molecule has 0 spiro atoms. The molecule has 2 aromatic rings. The van der Waals surface area contributed by atoms with Crippen LogP contribution < -0.4 is 25.1 Å². The number of alkyl halides is 2. The number of pyridine rings is 1. The number of rotatable bonds is 7. The molecule has 2 aliphatic heterocycles. The number of fused-ring (bicyclic) bond motifs is 2. The molecule has 3 aliphatic rings. The third-order valence-electron chi connectivity index (χ3n) is 7.26. The third-order valence-corrected chi connectivity index (χ3v) is 7.26. The quantitative estimate of drug-likeness (QED) is 0.470. The van der Waals surface area contributed by atoms with Crippen LogP contribution in [0.3, 0.4) is 0 Å². The van der Waals surface area contributed by atoms with Gasteiger partial charge in [0.05, 0.1) is 23.6 Å². The topological polar surface area (TPSA) is 129 Å². The van der Waals surface area contributed by atoms with E-state index in [1.54, 1.807) is 20.8 Å². The van der Waals surface area contributed by atoms with Gasteiger partial charge >= 0.3 is 18.9 Å². The van der Waals surface area contributed by atoms with E-state index < -0.39 is 52.8 Å². The number of benzene rings is 1. The molecule has 11 nitrogen and oxygen atoms in total. The molecule has 0 radical (unpaired) electrons. The first kappa shape index (κ1) is 27.9. The van der Waals surface area contributed by atoms with Gasteiger partial charge in [-0.1, -0.05) is 0 Å². The molecule has 1 aliphatic carbocycles. The fourth-order valence-electron chi connectivity index (χ4n) is 5.55. The zero-order chi connectivity index (χ0) is 29.0. The zero-order valence-corrected chi connectivity index (χ0v) is 22.2. The average molecular weight is 570 g/mol. The van der Waals surface area contributed by atoms with Gasteiger partial charge in [0.1, 0.15) is 16.9 Å². The summed E-state index contributed by atoms with van der Waals surface area (Å²) < 4.78 is 65.6. The SMILES string of the molecule is CC(C)(C)OC(=O)NCC12CN(c3c(F)cc4c(=O)c(OC(=O)O)cn(C5CC5)c4c3OC(F)F)C[C@@H]1CCO2. The van der Waals surface area contributed by atoms with Crippen LogP contribution in [-0.2, 0) is 9.47 Å². The Morgan fingerprint density at radius 3 is 2.62 bits per heavy atom. The lowest BCUT2D eigenvalue weighted by Gasteiger charge is -2.30. The molecule has 5 rings (SSSR count). The summed E-state index contributed by atoms with van der Waals surface area (Å²) in [5, 5.41) is 11.4. The van der Waals surface area contributed by atoms with Gasteiger partial charge in [-0.05, 0) is 46.1 Å². The predicted octanol–water partition coefficient (Wildman–Crippen LogP) is 4.25. The van der Waals surface area contributed by atoms with Crippen LogP contribution in [0.5, 0.6) is 11.5 Å². The Kier molecular flexibility index (Phi) is 7.01. The van der Waals surface area contributed by atoms with Crippen molar-refractivity contribution in [3.8, 4) is 11.5 Å². The Morgan fingerprint density at radius 1 is 1.27 bits per heavy atom. The predicted molar refractivity (Wildman–Crippen MR) is 135 cm³/mol. The van der Waals surface area contributed by atoms with Gasteiger partial charge in [0, 0.05) is 31.7 Å². The normalized spacial score (nSPS) is 22.5. The first-order valence-electron chi connectivity index (χ1n) is 12.9. The van der Waals surface area contributed by atoms with Gasteiger partial charge in [-0.15, -0.1) is 0 Å². The molecule has 1 aromatic carbocycles. The lowest BCUT2D eigenvalue weighted by atomic mass is 9.91. The van der Waals surface area contributed by atoms with Crippen LogP contribution in [-0.4, -0.2) is 66.0 Å². The van der Waals surface area contributed by atoms with E-state index in [1.807, 2.05) is 0 Å². The molecule has 1 amide bonds. The van der Waals surface area contributed by atoms with Crippen molar-refractivity contribution >= 4 is 28.8 Å². The number of carboxylic acid groups (broad SMARTS) is 1. The lowest BCUT2D eigenvalue weighted by molar-refractivity contribution is -0.0488. The monoisotopic (exact) mass is 569 g/mol. The number of anilines is 1. The summed E-state index contributed by atoms with van der Waals surface area (Å²) in [7, 11) is 0. The van der Waals surface area contributed by atoms with Gasteiger partial charge in [0.15, 0.2) is 17.3 Å². The molecular formula is C26H30F3N3O8. The standard InChI is InChI=1S/C26H30F3N3O8/c1-25(2,3)40-23(34)30-11-26-12-31(9-13(26)6-7-37-26)19-16(27)8-15-18(21(19)39-22(28)29)32(14-4-5-14)10-17(20(15)33)38-24(35)36/h8,10,13-14,22H,4-7,9,11-12H2,1-3H3,(H,30,34)(H,35,36)/t13-,26?/m0/s1. The second-order valence-electron chi connectivity index (χ2n) is 11.3. The molecule has 2 saturated heterocycles. The summed E-state index contributed by atoms with van der Waals surface area (Å²) in [6, 6.07) is 0.641. The van der Waals surface area contributed by atoms with Crippen LogP contribution in [0.4, 0.5) is 28.4 Å². The van der Waals surface area contributed by atoms with Gasteiger partial charge in [-0.2, -0.15) is 8.78 Å². The number of amides is 1. The maximum absolute atomic E-state index is 15.8. The van der Waals surface area contributed by atoms with Crippen molar-refractivity contribution in [2.45, 2.75) is 63.9 Å². The van der Waals surface area contributed by atoms with Crippen LogP contribution in [0.1, 0.15) is 46.1 Å². The average Bonchev–Trinajstić information content (AvgIpc) is 3.50. The summed E-state index contributed by atoms with van der Waals surface area (Å²) in [4.78, 5) is 38.0. The number of hydrogen-bond donors (Lipinski definition) is 2. The van der Waals surface area contributed by atoms with Crippen molar-refractivity contribution in [2.75, 3.05) is 31.1 Å². The fraction of sp³-hybridized carbons (Fsp3) is 0.577. The van der Waals surface area contributed by atoms with E-state index in [-0.39, 0.29) is 48.2 Å². The number of carbonyl (C=O) groups is 2. The third kappa shape index (κ3) is 5.36. The van der Waals surface area contributed by atoms with Crippen molar-refractivity contribution in [1.29, 1.82) is 0 Å². The molecular weight excluding hydrogens is 539 g/mol. The number of nitrogens with one attached hydrogen (secondary N) is 1. The van der Waals surface area contributed by atoms with Gasteiger partial charge in [-0.25, -0.2) is 14.0 Å². The highest BCUT2D eigenvalue weighted by Gasteiger charge is 2.52. The molecule has 14 heteroatoms. The number of alkyl carbamates (subject to hydrolysis) is 1. The number of halogens is 3. The summed E-state index contributed by atoms with van der Waals surface area (Å²) in [6.07, 6.45) is 0.587. The van der Waals surface area contributed by atoms with E-state index in [1.165, 1.54) is 9.47 Å². The minimum absolute atomic E-state index is 0.0450. The van der Waals surface area contributed by atoms with E-state index in [2.05, 4.69) is 10.1 Å². The van der Waals surface area contributed by atoms with Crippen molar-refractivity contribution in [1.82, 2.24) is 9.88 Å². The number of hydrogen-bond acceptors (Lipinski definition) is 8. The summed E-state index contributed by atoms with van der Waals surface area (Å²) >= 11 is 0. The Hall–Kier alpha value is -3.68. The van der Waals surface area contributed by atoms with Gasteiger partial charge in [-0.3, -0.25) is 4.79 Å². The Bertz CT molecular complexity index is 1400. The van der Waals surface area contributed by atoms with Crippen molar-refractivity contribution in [2.24, 2.45) is 5.92 Å². The van der Waals surface area contributed by atoms with Gasteiger partial charge < -0.3 is 38.8 Å². The number of carbonyl (C=O) groups excluding carboxylic acids is 1. The van der Waals surface area contributed by atoms with E-state index in [4.69, 9.17) is 19.3 Å². The first-order valence-corrected chi connectivity index (χ1v) is 12.9. The second-order valence-corrected chi connectivity index (χ2v) is 11.3. The molecule has 0 bridgehead atoms. The van der Waals surface area contributed by atoms with Crippen LogP contribution >= 0.6 is 0 Å². The maximum atomic E-state index is 15.8. The first-order chi connectivity index (χ1) is 18.8. The molecule has 2 N–H and O–H groups in total. The Balaban J connectivity index is 1.57. The number of nitrogens with zero attached hydrogens (tertiary/aromatic N) is 2.